The molecule has 0 bridgehead atoms. The molecular formula is C44H87NO5. The van der Waals surface area contributed by atoms with Crippen molar-refractivity contribution in [3.05, 3.63) is 12.2 Å². The molecule has 4 atom stereocenters. The Bertz CT molecular complexity index is 717. The summed E-state index contributed by atoms with van der Waals surface area (Å²) >= 11 is 0. The highest BCUT2D eigenvalue weighted by molar-refractivity contribution is 5.80. The summed E-state index contributed by atoms with van der Waals surface area (Å²) in [6.45, 7) is 4.00. The minimum absolute atomic E-state index is 0.368. The molecular weight excluding hydrogens is 622 g/mol. The number of allylic oxidation sites excluding steroid dienone is 2. The maximum atomic E-state index is 12.5. The molecule has 0 spiro atoms. The minimum Gasteiger partial charge on any atom is -0.394 e. The molecule has 0 aliphatic carbocycles. The quantitative estimate of drug-likeness (QED) is 0.0321. The molecule has 4 unspecified atom stereocenters. The van der Waals surface area contributed by atoms with Gasteiger partial charge >= 0.3 is 0 Å². The summed E-state index contributed by atoms with van der Waals surface area (Å²) in [4.78, 5) is 12.5. The Morgan fingerprint density at radius 2 is 0.820 bits per heavy atom. The third-order valence-corrected chi connectivity index (χ3v) is 10.5. The molecule has 0 aliphatic heterocycles. The number of amides is 1. The van der Waals surface area contributed by atoms with Gasteiger partial charge in [-0.25, -0.2) is 0 Å². The molecule has 0 rings (SSSR count). The van der Waals surface area contributed by atoms with Crippen LogP contribution in [0, 0.1) is 0 Å². The van der Waals surface area contributed by atoms with E-state index >= 15 is 0 Å². The molecule has 298 valence electrons. The van der Waals surface area contributed by atoms with Gasteiger partial charge in [-0.15, -0.1) is 0 Å². The summed E-state index contributed by atoms with van der Waals surface area (Å²) in [5, 5.41) is 43.4. The number of hydrogen-bond donors (Lipinski definition) is 5. The molecule has 6 nitrogen and oxygen atoms in total. The first kappa shape index (κ1) is 49.0. The third kappa shape index (κ3) is 32.9. The summed E-state index contributed by atoms with van der Waals surface area (Å²) in [6, 6.07) is -0.995. The van der Waals surface area contributed by atoms with Crippen LogP contribution in [-0.4, -0.2) is 57.3 Å². The number of hydrogen-bond acceptors (Lipinski definition) is 5. The lowest BCUT2D eigenvalue weighted by molar-refractivity contribution is -0.132. The van der Waals surface area contributed by atoms with Gasteiger partial charge in [0.15, 0.2) is 0 Å². The molecule has 0 aromatic carbocycles. The van der Waals surface area contributed by atoms with E-state index in [1.165, 1.54) is 167 Å². The van der Waals surface area contributed by atoms with Crippen molar-refractivity contribution in [2.45, 2.75) is 257 Å². The van der Waals surface area contributed by atoms with Crippen LogP contribution in [0.5, 0.6) is 0 Å². The Kier molecular flexibility index (Phi) is 38.5. The van der Waals surface area contributed by atoms with Gasteiger partial charge in [-0.2, -0.15) is 0 Å². The smallest absolute Gasteiger partial charge is 0.249 e. The fourth-order valence-corrected chi connectivity index (χ4v) is 6.93. The van der Waals surface area contributed by atoms with Gasteiger partial charge < -0.3 is 25.7 Å². The minimum atomic E-state index is -1.27. The average molecular weight is 710 g/mol. The van der Waals surface area contributed by atoms with E-state index in [0.717, 1.165) is 38.5 Å². The van der Waals surface area contributed by atoms with Gasteiger partial charge in [-0.1, -0.05) is 206 Å². The largest absolute Gasteiger partial charge is 0.394 e. The fourth-order valence-electron chi connectivity index (χ4n) is 6.93. The Morgan fingerprint density at radius 3 is 1.20 bits per heavy atom. The van der Waals surface area contributed by atoms with Gasteiger partial charge in [0.2, 0.25) is 5.91 Å². The van der Waals surface area contributed by atoms with Crippen molar-refractivity contribution in [1.82, 2.24) is 5.32 Å². The second-order valence-corrected chi connectivity index (χ2v) is 15.4. The summed E-state index contributed by atoms with van der Waals surface area (Å²) in [7, 11) is 0. The van der Waals surface area contributed by atoms with Crippen molar-refractivity contribution < 1.29 is 25.2 Å². The van der Waals surface area contributed by atoms with Crippen LogP contribution in [0.15, 0.2) is 12.2 Å². The van der Waals surface area contributed by atoms with Gasteiger partial charge in [0.1, 0.15) is 12.2 Å². The summed E-state index contributed by atoms with van der Waals surface area (Å²) < 4.78 is 0. The lowest BCUT2D eigenvalue weighted by Crippen LogP contribution is -2.53. The first-order valence-electron chi connectivity index (χ1n) is 22.1. The predicted octanol–water partition coefficient (Wildman–Crippen LogP) is 11.4. The predicted molar refractivity (Wildman–Crippen MR) is 215 cm³/mol. The van der Waals surface area contributed by atoms with Crippen molar-refractivity contribution in [3.8, 4) is 0 Å². The number of carbonyl (C=O) groups is 1. The van der Waals surface area contributed by atoms with Gasteiger partial charge in [0, 0.05) is 0 Å². The molecule has 1 amide bonds. The molecule has 5 N–H and O–H groups in total. The van der Waals surface area contributed by atoms with E-state index in [1.54, 1.807) is 0 Å². The normalized spacial score (nSPS) is 14.3. The molecule has 0 saturated heterocycles. The van der Waals surface area contributed by atoms with Crippen LogP contribution in [0.25, 0.3) is 0 Å². The molecule has 0 aliphatic rings. The van der Waals surface area contributed by atoms with Gasteiger partial charge in [0.05, 0.1) is 18.8 Å². The maximum absolute atomic E-state index is 12.5. The van der Waals surface area contributed by atoms with E-state index in [1.807, 2.05) is 0 Å². The molecule has 0 aromatic rings. The van der Waals surface area contributed by atoms with Gasteiger partial charge in [0.25, 0.3) is 0 Å². The van der Waals surface area contributed by atoms with E-state index in [4.69, 9.17) is 0 Å². The molecule has 6 heteroatoms. The zero-order valence-electron chi connectivity index (χ0n) is 33.4. The van der Waals surface area contributed by atoms with E-state index in [0.29, 0.717) is 12.8 Å². The summed E-state index contributed by atoms with van der Waals surface area (Å²) in [5.41, 5.74) is 0. The first-order chi connectivity index (χ1) is 24.5. The highest BCUT2D eigenvalue weighted by atomic mass is 16.3. The average Bonchev–Trinajstić information content (AvgIpc) is 3.12. The van der Waals surface area contributed by atoms with Crippen LogP contribution in [0.4, 0.5) is 0 Å². The maximum Gasteiger partial charge on any atom is 0.249 e. The zero-order valence-corrected chi connectivity index (χ0v) is 33.4. The topological polar surface area (TPSA) is 110 Å². The van der Waals surface area contributed by atoms with Crippen LogP contribution in [0.2, 0.25) is 0 Å². The molecule has 0 radical (unpaired) electrons. The monoisotopic (exact) mass is 710 g/mol. The van der Waals surface area contributed by atoms with Crippen LogP contribution in [0.3, 0.4) is 0 Å². The lowest BCUT2D eigenvalue weighted by atomic mass is 10.00. The molecule has 0 heterocycles. The molecule has 50 heavy (non-hydrogen) atoms. The molecule has 0 aromatic heterocycles. The zero-order chi connectivity index (χ0) is 36.8. The van der Waals surface area contributed by atoms with E-state index in [9.17, 15) is 25.2 Å². The highest BCUT2D eigenvalue weighted by Crippen LogP contribution is 2.17. The van der Waals surface area contributed by atoms with Crippen molar-refractivity contribution in [3.63, 3.8) is 0 Å². The lowest BCUT2D eigenvalue weighted by Gasteiger charge is -2.27. The Morgan fingerprint density at radius 1 is 0.480 bits per heavy atom. The number of unbranched alkanes of at least 4 members (excludes halogenated alkanes) is 29. The van der Waals surface area contributed by atoms with E-state index in [-0.39, 0.29) is 0 Å². The van der Waals surface area contributed by atoms with E-state index in [2.05, 4.69) is 31.3 Å². The Labute approximate surface area is 311 Å². The Hall–Kier alpha value is -0.950. The fraction of sp³-hybridized carbons (Fsp3) is 0.932. The van der Waals surface area contributed by atoms with Crippen LogP contribution in [0.1, 0.15) is 232 Å². The highest BCUT2D eigenvalue weighted by Gasteiger charge is 2.28. The molecule has 0 fully saturated rings. The number of nitrogens with one attached hydrogen (secondary N) is 1. The van der Waals surface area contributed by atoms with E-state index < -0.39 is 36.9 Å². The van der Waals surface area contributed by atoms with Crippen LogP contribution in [-0.2, 0) is 4.79 Å². The van der Waals surface area contributed by atoms with Gasteiger partial charge in [-0.3, -0.25) is 4.79 Å². The van der Waals surface area contributed by atoms with Crippen LogP contribution < -0.4 is 5.32 Å². The number of aliphatic hydroxyl groups excluding tert-OH is 4. The summed E-state index contributed by atoms with van der Waals surface area (Å²) in [5.74, 6) is -0.592. The number of aliphatic hydroxyl groups is 4. The summed E-state index contributed by atoms with van der Waals surface area (Å²) in [6.07, 6.45) is 42.7. The standard InChI is InChI=1S/C44H87NO5/c1-3-5-7-9-11-13-14-15-16-17-18-19-20-21-22-23-24-25-26-27-28-30-32-34-36-38-42(48)44(50)45-40(39-46)43(49)41(47)37-35-33-31-29-12-10-8-6-4-2/h29,31,40-43,46-49H,3-28,30,32-39H2,1-2H3,(H,45,50)/b31-29+. The van der Waals surface area contributed by atoms with Gasteiger partial charge in [-0.05, 0) is 38.5 Å². The SMILES string of the molecule is CCCCCC/C=C/CCCC(O)C(O)C(CO)NC(=O)C(O)CCCCCCCCCCCCCCCCCCCCCCCCCCC. The van der Waals surface area contributed by atoms with Crippen molar-refractivity contribution >= 4 is 5.91 Å². The number of carbonyl (C=O) groups excluding carboxylic acids is 1. The number of rotatable bonds is 40. The first-order valence-corrected chi connectivity index (χ1v) is 22.1. The third-order valence-electron chi connectivity index (χ3n) is 10.5. The Balaban J connectivity index is 3.60. The van der Waals surface area contributed by atoms with Crippen molar-refractivity contribution in [2.75, 3.05) is 6.61 Å². The van der Waals surface area contributed by atoms with Crippen LogP contribution >= 0.6 is 0 Å². The molecule has 0 saturated carbocycles. The second-order valence-electron chi connectivity index (χ2n) is 15.4. The second kappa shape index (κ2) is 39.3. The van der Waals surface area contributed by atoms with Crippen molar-refractivity contribution in [1.29, 1.82) is 0 Å². The van der Waals surface area contributed by atoms with Crippen molar-refractivity contribution in [2.24, 2.45) is 0 Å².